The van der Waals surface area contributed by atoms with Gasteiger partial charge in [0.1, 0.15) is 0 Å². The van der Waals surface area contributed by atoms with Crippen LogP contribution in [0.1, 0.15) is 16.7 Å². The van der Waals surface area contributed by atoms with E-state index in [9.17, 15) is 0 Å². The second-order valence-corrected chi connectivity index (χ2v) is 5.99. The SMILES string of the molecule is Cc1ccc(C)c(Cn2ccc3cc(Br)ccc32)c1. The fraction of sp³-hybridized carbons (Fsp3) is 0.176. The van der Waals surface area contributed by atoms with Crippen molar-refractivity contribution < 1.29 is 0 Å². The third-order valence-electron chi connectivity index (χ3n) is 3.58. The van der Waals surface area contributed by atoms with E-state index in [0.717, 1.165) is 11.0 Å². The predicted octanol–water partition coefficient (Wildman–Crippen LogP) is 5.07. The molecule has 0 radical (unpaired) electrons. The molecular formula is C17H16BrN. The zero-order valence-electron chi connectivity index (χ0n) is 11.2. The molecule has 0 bridgehead atoms. The average molecular weight is 314 g/mol. The summed E-state index contributed by atoms with van der Waals surface area (Å²) in [5.41, 5.74) is 5.34. The van der Waals surface area contributed by atoms with Gasteiger partial charge in [-0.3, -0.25) is 0 Å². The van der Waals surface area contributed by atoms with Crippen LogP contribution in [-0.4, -0.2) is 4.57 Å². The van der Waals surface area contributed by atoms with Gasteiger partial charge in [0.25, 0.3) is 0 Å². The summed E-state index contributed by atoms with van der Waals surface area (Å²) in [4.78, 5) is 0. The molecule has 0 fully saturated rings. The minimum Gasteiger partial charge on any atom is -0.343 e. The van der Waals surface area contributed by atoms with E-state index in [4.69, 9.17) is 0 Å². The number of rotatable bonds is 2. The Morgan fingerprint density at radius 1 is 1.00 bits per heavy atom. The lowest BCUT2D eigenvalue weighted by atomic mass is 10.1. The second-order valence-electron chi connectivity index (χ2n) is 5.08. The highest BCUT2D eigenvalue weighted by Crippen LogP contribution is 2.22. The lowest BCUT2D eigenvalue weighted by molar-refractivity contribution is 0.829. The third kappa shape index (κ3) is 2.45. The normalized spacial score (nSPS) is 11.1. The first kappa shape index (κ1) is 12.5. The lowest BCUT2D eigenvalue weighted by Crippen LogP contribution is -2.00. The lowest BCUT2D eigenvalue weighted by Gasteiger charge is -2.10. The predicted molar refractivity (Wildman–Crippen MR) is 84.7 cm³/mol. The van der Waals surface area contributed by atoms with Crippen molar-refractivity contribution in [1.29, 1.82) is 0 Å². The van der Waals surface area contributed by atoms with Gasteiger partial charge in [0, 0.05) is 28.1 Å². The molecule has 96 valence electrons. The van der Waals surface area contributed by atoms with Crippen LogP contribution in [0.4, 0.5) is 0 Å². The number of hydrogen-bond donors (Lipinski definition) is 0. The van der Waals surface area contributed by atoms with Gasteiger partial charge in [-0.15, -0.1) is 0 Å². The molecule has 1 nitrogen and oxygen atoms in total. The molecule has 1 heterocycles. The Morgan fingerprint density at radius 3 is 2.68 bits per heavy atom. The number of hydrogen-bond acceptors (Lipinski definition) is 0. The molecule has 0 aliphatic rings. The number of benzene rings is 2. The van der Waals surface area contributed by atoms with E-state index in [1.165, 1.54) is 27.6 Å². The summed E-state index contributed by atoms with van der Waals surface area (Å²) >= 11 is 3.52. The van der Waals surface area contributed by atoms with E-state index >= 15 is 0 Å². The highest BCUT2D eigenvalue weighted by molar-refractivity contribution is 9.10. The molecule has 0 amide bonds. The molecule has 0 aliphatic carbocycles. The summed E-state index contributed by atoms with van der Waals surface area (Å²) in [5.74, 6) is 0. The van der Waals surface area contributed by atoms with E-state index in [1.807, 2.05) is 0 Å². The van der Waals surface area contributed by atoms with Crippen LogP contribution in [-0.2, 0) is 6.54 Å². The van der Waals surface area contributed by atoms with Crippen molar-refractivity contribution in [2.24, 2.45) is 0 Å². The van der Waals surface area contributed by atoms with Gasteiger partial charge in [-0.05, 0) is 49.2 Å². The summed E-state index contributed by atoms with van der Waals surface area (Å²) in [6.45, 7) is 5.25. The molecule has 0 N–H and O–H groups in total. The number of aromatic nitrogens is 1. The maximum Gasteiger partial charge on any atom is 0.0484 e. The molecule has 1 aromatic heterocycles. The minimum atomic E-state index is 0.929. The first-order valence-corrected chi connectivity index (χ1v) is 7.23. The van der Waals surface area contributed by atoms with Crippen LogP contribution >= 0.6 is 15.9 Å². The van der Waals surface area contributed by atoms with Gasteiger partial charge in [-0.2, -0.15) is 0 Å². The molecule has 0 atom stereocenters. The smallest absolute Gasteiger partial charge is 0.0484 e. The quantitative estimate of drug-likeness (QED) is 0.622. The molecular weight excluding hydrogens is 298 g/mol. The van der Waals surface area contributed by atoms with E-state index in [1.54, 1.807) is 0 Å². The van der Waals surface area contributed by atoms with Crippen molar-refractivity contribution in [2.45, 2.75) is 20.4 Å². The Hall–Kier alpha value is -1.54. The second kappa shape index (κ2) is 4.86. The van der Waals surface area contributed by atoms with Gasteiger partial charge in [0.05, 0.1) is 0 Å². The van der Waals surface area contributed by atoms with Crippen LogP contribution in [0.3, 0.4) is 0 Å². The van der Waals surface area contributed by atoms with Gasteiger partial charge in [0.15, 0.2) is 0 Å². The molecule has 0 aliphatic heterocycles. The van der Waals surface area contributed by atoms with Crippen molar-refractivity contribution >= 4 is 26.8 Å². The van der Waals surface area contributed by atoms with Gasteiger partial charge < -0.3 is 4.57 Å². The average Bonchev–Trinajstić information content (AvgIpc) is 2.76. The Labute approximate surface area is 122 Å². The van der Waals surface area contributed by atoms with Crippen molar-refractivity contribution in [3.05, 3.63) is 69.8 Å². The van der Waals surface area contributed by atoms with Crippen molar-refractivity contribution in [1.82, 2.24) is 4.57 Å². The Kier molecular flexibility index (Phi) is 3.19. The van der Waals surface area contributed by atoms with E-state index < -0.39 is 0 Å². The maximum absolute atomic E-state index is 3.52. The Morgan fingerprint density at radius 2 is 1.84 bits per heavy atom. The number of fused-ring (bicyclic) bond motifs is 1. The fourth-order valence-corrected chi connectivity index (χ4v) is 2.84. The van der Waals surface area contributed by atoms with Crippen LogP contribution < -0.4 is 0 Å². The Balaban J connectivity index is 2.03. The zero-order chi connectivity index (χ0) is 13.4. The molecule has 0 saturated heterocycles. The monoisotopic (exact) mass is 313 g/mol. The summed E-state index contributed by atoms with van der Waals surface area (Å²) in [6.07, 6.45) is 2.17. The van der Waals surface area contributed by atoms with Gasteiger partial charge in [0.2, 0.25) is 0 Å². The minimum absolute atomic E-state index is 0.929. The third-order valence-corrected chi connectivity index (χ3v) is 4.07. The molecule has 0 spiro atoms. The molecule has 3 rings (SSSR count). The van der Waals surface area contributed by atoms with E-state index in [0.29, 0.717) is 0 Å². The Bertz CT molecular complexity index is 740. The summed E-state index contributed by atoms with van der Waals surface area (Å²) < 4.78 is 3.44. The molecule has 2 heteroatoms. The molecule has 19 heavy (non-hydrogen) atoms. The first-order valence-electron chi connectivity index (χ1n) is 6.44. The largest absolute Gasteiger partial charge is 0.343 e. The van der Waals surface area contributed by atoms with Crippen LogP contribution in [0.25, 0.3) is 10.9 Å². The van der Waals surface area contributed by atoms with Gasteiger partial charge in [-0.1, -0.05) is 39.7 Å². The number of nitrogens with zero attached hydrogens (tertiary/aromatic N) is 1. The first-order chi connectivity index (χ1) is 9.13. The highest BCUT2D eigenvalue weighted by Gasteiger charge is 2.04. The highest BCUT2D eigenvalue weighted by atomic mass is 79.9. The van der Waals surface area contributed by atoms with Gasteiger partial charge >= 0.3 is 0 Å². The van der Waals surface area contributed by atoms with E-state index in [2.05, 4.69) is 83.0 Å². The summed E-state index contributed by atoms with van der Waals surface area (Å²) in [7, 11) is 0. The fourth-order valence-electron chi connectivity index (χ4n) is 2.46. The maximum atomic E-state index is 3.52. The van der Waals surface area contributed by atoms with Crippen molar-refractivity contribution in [3.63, 3.8) is 0 Å². The van der Waals surface area contributed by atoms with Crippen LogP contribution in [0.2, 0.25) is 0 Å². The molecule has 3 aromatic rings. The number of aryl methyl sites for hydroxylation is 2. The summed E-state index contributed by atoms with van der Waals surface area (Å²) in [6, 6.07) is 15.3. The van der Waals surface area contributed by atoms with E-state index in [-0.39, 0.29) is 0 Å². The number of halogens is 1. The summed E-state index contributed by atoms with van der Waals surface area (Å²) in [5, 5.41) is 1.28. The zero-order valence-corrected chi connectivity index (χ0v) is 12.7. The standard InChI is InChI=1S/C17H16BrN/c1-12-3-4-13(2)15(9-12)11-19-8-7-14-10-16(18)5-6-17(14)19/h3-10H,11H2,1-2H3. The van der Waals surface area contributed by atoms with Crippen LogP contribution in [0.15, 0.2) is 53.1 Å². The molecule has 0 unspecified atom stereocenters. The molecule has 2 aromatic carbocycles. The van der Waals surface area contributed by atoms with Gasteiger partial charge in [-0.25, -0.2) is 0 Å². The van der Waals surface area contributed by atoms with Crippen LogP contribution in [0.5, 0.6) is 0 Å². The topological polar surface area (TPSA) is 4.93 Å². The van der Waals surface area contributed by atoms with Crippen molar-refractivity contribution in [2.75, 3.05) is 0 Å². The van der Waals surface area contributed by atoms with Crippen LogP contribution in [0, 0.1) is 13.8 Å². The molecule has 0 saturated carbocycles. The van der Waals surface area contributed by atoms with Crippen molar-refractivity contribution in [3.8, 4) is 0 Å².